The van der Waals surface area contributed by atoms with E-state index in [1.165, 1.54) is 4.31 Å². The van der Waals surface area contributed by atoms with Crippen LogP contribution in [0, 0.1) is 0 Å². The van der Waals surface area contributed by atoms with Gasteiger partial charge in [0.15, 0.2) is 0 Å². The van der Waals surface area contributed by atoms with E-state index in [4.69, 9.17) is 9.47 Å². The number of pyridine rings is 1. The van der Waals surface area contributed by atoms with Crippen LogP contribution in [-0.4, -0.2) is 43.5 Å². The zero-order chi connectivity index (χ0) is 17.0. The van der Waals surface area contributed by atoms with Crippen LogP contribution in [0.3, 0.4) is 0 Å². The summed E-state index contributed by atoms with van der Waals surface area (Å²) in [4.78, 5) is 4.38. The molecule has 0 aliphatic carbocycles. The van der Waals surface area contributed by atoms with Crippen LogP contribution in [0.2, 0.25) is 0 Å². The summed E-state index contributed by atoms with van der Waals surface area (Å²) in [6.07, 6.45) is 2.11. The highest BCUT2D eigenvalue weighted by molar-refractivity contribution is 7.89. The third kappa shape index (κ3) is 3.68. The summed E-state index contributed by atoms with van der Waals surface area (Å²) in [5, 5.41) is 0. The molecule has 1 aromatic carbocycles. The molecule has 1 saturated heterocycles. The van der Waals surface area contributed by atoms with Crippen molar-refractivity contribution in [3.63, 3.8) is 0 Å². The molecule has 128 valence electrons. The highest BCUT2D eigenvalue weighted by Crippen LogP contribution is 2.24. The molecule has 2 heterocycles. The van der Waals surface area contributed by atoms with Gasteiger partial charge in [-0.1, -0.05) is 6.07 Å². The summed E-state index contributed by atoms with van der Waals surface area (Å²) in [6.45, 7) is 3.19. The van der Waals surface area contributed by atoms with Crippen molar-refractivity contribution in [2.24, 2.45) is 0 Å². The van der Waals surface area contributed by atoms with E-state index in [9.17, 15) is 8.42 Å². The van der Waals surface area contributed by atoms with Gasteiger partial charge in [0.1, 0.15) is 11.9 Å². The highest BCUT2D eigenvalue weighted by atomic mass is 32.2. The van der Waals surface area contributed by atoms with Gasteiger partial charge >= 0.3 is 0 Å². The lowest BCUT2D eigenvalue weighted by atomic mass is 10.3. The van der Waals surface area contributed by atoms with Crippen LogP contribution in [0.25, 0.3) is 0 Å². The van der Waals surface area contributed by atoms with E-state index in [1.54, 1.807) is 36.5 Å². The van der Waals surface area contributed by atoms with Crippen LogP contribution in [0.15, 0.2) is 53.6 Å². The monoisotopic (exact) mass is 348 g/mol. The van der Waals surface area contributed by atoms with E-state index in [0.29, 0.717) is 37.7 Å². The van der Waals surface area contributed by atoms with Crippen LogP contribution in [0.5, 0.6) is 11.6 Å². The average molecular weight is 348 g/mol. The normalized spacial score (nSPS) is 18.5. The molecule has 1 fully saturated rings. The molecule has 1 aliphatic rings. The number of aromatic nitrogens is 1. The molecule has 0 bridgehead atoms. The van der Waals surface area contributed by atoms with Crippen LogP contribution in [-0.2, 0) is 10.0 Å². The highest BCUT2D eigenvalue weighted by Gasteiger charge is 2.33. The van der Waals surface area contributed by atoms with Gasteiger partial charge in [-0.3, -0.25) is 0 Å². The predicted molar refractivity (Wildman–Crippen MR) is 89.6 cm³/mol. The number of rotatable bonds is 6. The Morgan fingerprint density at radius 3 is 2.67 bits per heavy atom. The zero-order valence-corrected chi connectivity index (χ0v) is 14.3. The molecule has 6 nitrogen and oxygen atoms in total. The predicted octanol–water partition coefficient (Wildman–Crippen LogP) is 2.32. The van der Waals surface area contributed by atoms with Gasteiger partial charge in [-0.2, -0.15) is 4.31 Å². The third-order valence-corrected chi connectivity index (χ3v) is 5.68. The molecule has 1 aliphatic heterocycles. The van der Waals surface area contributed by atoms with Gasteiger partial charge in [-0.25, -0.2) is 13.4 Å². The van der Waals surface area contributed by atoms with Crippen molar-refractivity contribution in [1.29, 1.82) is 0 Å². The molecule has 1 aromatic heterocycles. The Morgan fingerprint density at radius 2 is 2.00 bits per heavy atom. The first-order valence-electron chi connectivity index (χ1n) is 7.90. The minimum Gasteiger partial charge on any atom is -0.494 e. The molecule has 24 heavy (non-hydrogen) atoms. The van der Waals surface area contributed by atoms with Gasteiger partial charge in [0.2, 0.25) is 15.9 Å². The molecule has 0 radical (unpaired) electrons. The summed E-state index contributed by atoms with van der Waals surface area (Å²) in [5.74, 6) is 1.18. The maximum atomic E-state index is 12.7. The van der Waals surface area contributed by atoms with Gasteiger partial charge in [0.25, 0.3) is 0 Å². The first-order chi connectivity index (χ1) is 11.6. The van der Waals surface area contributed by atoms with Crippen molar-refractivity contribution in [2.75, 3.05) is 19.7 Å². The van der Waals surface area contributed by atoms with E-state index in [0.717, 1.165) is 0 Å². The molecule has 0 N–H and O–H groups in total. The number of sulfonamides is 1. The van der Waals surface area contributed by atoms with E-state index in [2.05, 4.69) is 4.98 Å². The molecule has 2 aromatic rings. The van der Waals surface area contributed by atoms with E-state index >= 15 is 0 Å². The minimum absolute atomic E-state index is 0.183. The Balaban J connectivity index is 1.67. The Morgan fingerprint density at radius 1 is 1.21 bits per heavy atom. The molecule has 0 spiro atoms. The molecule has 0 amide bonds. The fourth-order valence-electron chi connectivity index (χ4n) is 2.62. The summed E-state index contributed by atoms with van der Waals surface area (Å²) >= 11 is 0. The average Bonchev–Trinajstić information content (AvgIpc) is 3.06. The van der Waals surface area contributed by atoms with Gasteiger partial charge in [0.05, 0.1) is 18.0 Å². The maximum Gasteiger partial charge on any atom is 0.243 e. The van der Waals surface area contributed by atoms with Gasteiger partial charge < -0.3 is 9.47 Å². The summed E-state index contributed by atoms with van der Waals surface area (Å²) in [6, 6.07) is 11.9. The lowest BCUT2D eigenvalue weighted by Crippen LogP contribution is -2.31. The Hall–Kier alpha value is -2.12. The van der Waals surface area contributed by atoms with Crippen molar-refractivity contribution in [3.8, 4) is 11.6 Å². The van der Waals surface area contributed by atoms with Crippen molar-refractivity contribution in [3.05, 3.63) is 48.7 Å². The lowest BCUT2D eigenvalue weighted by molar-refractivity contribution is 0.207. The van der Waals surface area contributed by atoms with Crippen LogP contribution in [0.4, 0.5) is 0 Å². The first kappa shape index (κ1) is 16.7. The van der Waals surface area contributed by atoms with Gasteiger partial charge in [0, 0.05) is 18.8 Å². The lowest BCUT2D eigenvalue weighted by Gasteiger charge is -2.17. The second-order valence-electron chi connectivity index (χ2n) is 5.46. The molecular formula is C17H20N2O4S. The van der Waals surface area contributed by atoms with E-state index in [1.807, 2.05) is 19.1 Å². The van der Waals surface area contributed by atoms with Crippen LogP contribution < -0.4 is 9.47 Å². The van der Waals surface area contributed by atoms with Crippen molar-refractivity contribution in [2.45, 2.75) is 24.3 Å². The molecule has 3 rings (SSSR count). The van der Waals surface area contributed by atoms with Crippen LogP contribution in [0.1, 0.15) is 13.3 Å². The second-order valence-corrected chi connectivity index (χ2v) is 7.40. The van der Waals surface area contributed by atoms with E-state index in [-0.39, 0.29) is 11.0 Å². The first-order valence-corrected chi connectivity index (χ1v) is 9.34. The summed E-state index contributed by atoms with van der Waals surface area (Å²) in [7, 11) is -3.52. The molecule has 0 saturated carbocycles. The molecular weight excluding hydrogens is 328 g/mol. The molecule has 7 heteroatoms. The number of hydrogen-bond acceptors (Lipinski definition) is 5. The Labute approximate surface area is 142 Å². The molecule has 1 unspecified atom stereocenters. The van der Waals surface area contributed by atoms with Crippen LogP contribution >= 0.6 is 0 Å². The van der Waals surface area contributed by atoms with E-state index < -0.39 is 10.0 Å². The van der Waals surface area contributed by atoms with Crippen molar-refractivity contribution >= 4 is 10.0 Å². The van der Waals surface area contributed by atoms with Gasteiger partial charge in [-0.15, -0.1) is 0 Å². The Kier molecular flexibility index (Phi) is 5.01. The smallest absolute Gasteiger partial charge is 0.243 e. The maximum absolute atomic E-state index is 12.7. The summed E-state index contributed by atoms with van der Waals surface area (Å²) in [5.41, 5.74) is 0. The fraction of sp³-hybridized carbons (Fsp3) is 0.353. The summed E-state index contributed by atoms with van der Waals surface area (Å²) < 4.78 is 38.0. The SMILES string of the molecule is CCOc1ccc(S(=O)(=O)N2CCC(Oc3ccccn3)C2)cc1. The zero-order valence-electron chi connectivity index (χ0n) is 13.5. The number of hydrogen-bond donors (Lipinski definition) is 0. The largest absolute Gasteiger partial charge is 0.494 e. The van der Waals surface area contributed by atoms with Crippen molar-refractivity contribution < 1.29 is 17.9 Å². The molecule has 1 atom stereocenters. The fourth-order valence-corrected chi connectivity index (χ4v) is 4.11. The minimum atomic E-state index is -3.52. The third-order valence-electron chi connectivity index (χ3n) is 3.81. The van der Waals surface area contributed by atoms with Gasteiger partial charge in [-0.05, 0) is 43.7 Å². The number of benzene rings is 1. The topological polar surface area (TPSA) is 68.7 Å². The second kappa shape index (κ2) is 7.19. The van der Waals surface area contributed by atoms with Crippen molar-refractivity contribution in [1.82, 2.24) is 9.29 Å². The number of ether oxygens (including phenoxy) is 2. The number of nitrogens with zero attached hydrogens (tertiary/aromatic N) is 2. The standard InChI is InChI=1S/C17H20N2O4S/c1-2-22-14-6-8-16(9-7-14)24(20,21)19-12-10-15(13-19)23-17-5-3-4-11-18-17/h3-9,11,15H,2,10,12-13H2,1H3. The quantitative estimate of drug-likeness (QED) is 0.801. The Bertz CT molecular complexity index is 763.